The molecule has 6 heteroatoms. The molecule has 0 radical (unpaired) electrons. The molecule has 0 aromatic rings. The zero-order valence-corrected chi connectivity index (χ0v) is 12.5. The lowest BCUT2D eigenvalue weighted by molar-refractivity contribution is -0.122. The molecule has 98 valence electrons. The number of nitrogens with two attached hydrogens (primary N) is 1. The molecule has 1 amide bonds. The largest absolute Gasteiger partial charge is 0.370 e. The van der Waals surface area contributed by atoms with Gasteiger partial charge in [0.2, 0.25) is 5.91 Å². The minimum atomic E-state index is 0. The molecule has 0 heterocycles. The summed E-state index contributed by atoms with van der Waals surface area (Å²) in [7, 11) is 1.97. The molecule has 2 aliphatic carbocycles. The van der Waals surface area contributed by atoms with Crippen molar-refractivity contribution in [2.45, 2.75) is 31.7 Å². The van der Waals surface area contributed by atoms with E-state index in [1.807, 2.05) is 11.9 Å². The van der Waals surface area contributed by atoms with Crippen LogP contribution in [0.2, 0.25) is 0 Å². The van der Waals surface area contributed by atoms with Crippen molar-refractivity contribution >= 4 is 35.8 Å². The van der Waals surface area contributed by atoms with Crippen LogP contribution in [0, 0.1) is 5.92 Å². The number of halogens is 1. The number of amides is 1. The molecule has 2 aliphatic rings. The van der Waals surface area contributed by atoms with Crippen LogP contribution < -0.4 is 11.1 Å². The molecule has 0 saturated heterocycles. The first-order chi connectivity index (χ1) is 7.68. The van der Waals surface area contributed by atoms with Gasteiger partial charge in [-0.05, 0) is 25.7 Å². The van der Waals surface area contributed by atoms with E-state index in [-0.39, 0.29) is 35.8 Å². The van der Waals surface area contributed by atoms with E-state index in [1.54, 1.807) is 0 Å². The average Bonchev–Trinajstić information content (AvgIpc) is 3.14. The van der Waals surface area contributed by atoms with Gasteiger partial charge in [0.1, 0.15) is 0 Å². The molecule has 0 bridgehead atoms. The van der Waals surface area contributed by atoms with Crippen LogP contribution in [-0.2, 0) is 4.79 Å². The number of aliphatic imine (C=N–C) groups is 1. The molecule has 2 rings (SSSR count). The number of guanidine groups is 1. The van der Waals surface area contributed by atoms with Crippen LogP contribution >= 0.6 is 24.0 Å². The maximum absolute atomic E-state index is 11.3. The van der Waals surface area contributed by atoms with Gasteiger partial charge in [-0.2, -0.15) is 0 Å². The second kappa shape index (κ2) is 6.42. The van der Waals surface area contributed by atoms with Crippen molar-refractivity contribution in [1.82, 2.24) is 10.2 Å². The van der Waals surface area contributed by atoms with Gasteiger partial charge in [0.25, 0.3) is 0 Å². The third-order valence-electron chi connectivity index (χ3n) is 3.09. The van der Waals surface area contributed by atoms with Gasteiger partial charge in [0, 0.05) is 25.6 Å². The Morgan fingerprint density at radius 2 is 2.06 bits per heavy atom. The highest BCUT2D eigenvalue weighted by Crippen LogP contribution is 2.28. The quantitative estimate of drug-likeness (QED) is 0.328. The number of carbonyl (C=O) groups is 1. The number of nitrogens with zero attached hydrogens (tertiary/aromatic N) is 2. The number of hydrogen-bond acceptors (Lipinski definition) is 2. The van der Waals surface area contributed by atoms with E-state index in [4.69, 9.17) is 5.73 Å². The first kappa shape index (κ1) is 14.5. The maximum atomic E-state index is 11.3. The zero-order valence-electron chi connectivity index (χ0n) is 10.2. The fourth-order valence-electron chi connectivity index (χ4n) is 1.60. The summed E-state index contributed by atoms with van der Waals surface area (Å²) in [5, 5.41) is 2.86. The standard InChI is InChI=1S/C11H20N4O.HI/c1-15(9-4-5-9)11(12)14-7-6-13-10(16)8-2-3-8;/h8-9H,2-7H2,1H3,(H2,12,14)(H,13,16);1H. The molecule has 5 nitrogen and oxygen atoms in total. The second-order valence-electron chi connectivity index (χ2n) is 4.65. The van der Waals surface area contributed by atoms with E-state index in [2.05, 4.69) is 10.3 Å². The van der Waals surface area contributed by atoms with Crippen LogP contribution in [0.3, 0.4) is 0 Å². The highest BCUT2D eigenvalue weighted by Gasteiger charge is 2.29. The molecule has 0 aromatic carbocycles. The summed E-state index contributed by atoms with van der Waals surface area (Å²) in [5.41, 5.74) is 5.81. The SMILES string of the molecule is CN(C(N)=NCCNC(=O)C1CC1)C1CC1.I. The molecule has 0 aliphatic heterocycles. The average molecular weight is 352 g/mol. The summed E-state index contributed by atoms with van der Waals surface area (Å²) in [5.74, 6) is 1.03. The van der Waals surface area contributed by atoms with E-state index in [9.17, 15) is 4.79 Å². The predicted molar refractivity (Wildman–Crippen MR) is 78.4 cm³/mol. The van der Waals surface area contributed by atoms with Crippen LogP contribution in [0.25, 0.3) is 0 Å². The topological polar surface area (TPSA) is 70.7 Å². The highest BCUT2D eigenvalue weighted by atomic mass is 127. The van der Waals surface area contributed by atoms with Crippen LogP contribution in [0.1, 0.15) is 25.7 Å². The maximum Gasteiger partial charge on any atom is 0.223 e. The molecule has 0 aromatic heterocycles. The van der Waals surface area contributed by atoms with Crippen LogP contribution in [0.5, 0.6) is 0 Å². The highest BCUT2D eigenvalue weighted by molar-refractivity contribution is 14.0. The van der Waals surface area contributed by atoms with Gasteiger partial charge in [0.05, 0.1) is 6.54 Å². The summed E-state index contributed by atoms with van der Waals surface area (Å²) in [6, 6.07) is 0.588. The number of rotatable bonds is 5. The third kappa shape index (κ3) is 4.69. The van der Waals surface area contributed by atoms with E-state index in [0.29, 0.717) is 25.1 Å². The van der Waals surface area contributed by atoms with E-state index < -0.39 is 0 Å². The first-order valence-electron chi connectivity index (χ1n) is 5.99. The Kier molecular flexibility index (Phi) is 5.48. The second-order valence-corrected chi connectivity index (χ2v) is 4.65. The van der Waals surface area contributed by atoms with E-state index in [1.165, 1.54) is 12.8 Å². The normalized spacial score (nSPS) is 19.5. The van der Waals surface area contributed by atoms with Crippen molar-refractivity contribution in [3.63, 3.8) is 0 Å². The van der Waals surface area contributed by atoms with Gasteiger partial charge in [-0.3, -0.25) is 9.79 Å². The molecule has 0 unspecified atom stereocenters. The van der Waals surface area contributed by atoms with Crippen LogP contribution in [-0.4, -0.2) is 42.9 Å². The summed E-state index contributed by atoms with van der Waals surface area (Å²) >= 11 is 0. The predicted octanol–water partition coefficient (Wildman–Crippen LogP) is 0.539. The van der Waals surface area contributed by atoms with Gasteiger partial charge >= 0.3 is 0 Å². The van der Waals surface area contributed by atoms with Crippen LogP contribution in [0.4, 0.5) is 0 Å². The van der Waals surface area contributed by atoms with Crippen molar-refractivity contribution in [3.8, 4) is 0 Å². The van der Waals surface area contributed by atoms with Crippen molar-refractivity contribution in [2.75, 3.05) is 20.1 Å². The lowest BCUT2D eigenvalue weighted by Crippen LogP contribution is -2.36. The molecule has 0 atom stereocenters. The minimum absolute atomic E-state index is 0. The van der Waals surface area contributed by atoms with Crippen molar-refractivity contribution in [2.24, 2.45) is 16.6 Å². The van der Waals surface area contributed by atoms with Crippen molar-refractivity contribution < 1.29 is 4.79 Å². The summed E-state index contributed by atoms with van der Waals surface area (Å²) in [6.07, 6.45) is 4.51. The summed E-state index contributed by atoms with van der Waals surface area (Å²) in [4.78, 5) is 17.6. The minimum Gasteiger partial charge on any atom is -0.370 e. The lowest BCUT2D eigenvalue weighted by Gasteiger charge is -2.16. The summed E-state index contributed by atoms with van der Waals surface area (Å²) in [6.45, 7) is 1.16. The zero-order chi connectivity index (χ0) is 11.5. The number of nitrogens with one attached hydrogen (secondary N) is 1. The van der Waals surface area contributed by atoms with Gasteiger partial charge in [-0.15, -0.1) is 24.0 Å². The fraction of sp³-hybridized carbons (Fsp3) is 0.818. The Hall–Kier alpha value is -0.530. The van der Waals surface area contributed by atoms with E-state index in [0.717, 1.165) is 12.8 Å². The van der Waals surface area contributed by atoms with Gasteiger partial charge in [-0.25, -0.2) is 0 Å². The summed E-state index contributed by atoms with van der Waals surface area (Å²) < 4.78 is 0. The fourth-order valence-corrected chi connectivity index (χ4v) is 1.60. The molecule has 3 N–H and O–H groups in total. The molecular weight excluding hydrogens is 331 g/mol. The number of carbonyl (C=O) groups excluding carboxylic acids is 1. The Balaban J connectivity index is 0.00000144. The van der Waals surface area contributed by atoms with Crippen LogP contribution in [0.15, 0.2) is 4.99 Å². The van der Waals surface area contributed by atoms with Crippen molar-refractivity contribution in [1.29, 1.82) is 0 Å². The monoisotopic (exact) mass is 352 g/mol. The van der Waals surface area contributed by atoms with Gasteiger partial charge in [-0.1, -0.05) is 0 Å². The molecule has 2 fully saturated rings. The molecule has 2 saturated carbocycles. The van der Waals surface area contributed by atoms with Gasteiger partial charge in [0.15, 0.2) is 5.96 Å². The van der Waals surface area contributed by atoms with Crippen molar-refractivity contribution in [3.05, 3.63) is 0 Å². The molecule has 0 spiro atoms. The third-order valence-corrected chi connectivity index (χ3v) is 3.09. The Morgan fingerprint density at radius 3 is 2.59 bits per heavy atom. The Labute approximate surface area is 119 Å². The molecule has 17 heavy (non-hydrogen) atoms. The Morgan fingerprint density at radius 1 is 1.41 bits per heavy atom. The first-order valence-corrected chi connectivity index (χ1v) is 5.99. The smallest absolute Gasteiger partial charge is 0.223 e. The number of hydrogen-bond donors (Lipinski definition) is 2. The molecular formula is C11H21IN4O. The lowest BCUT2D eigenvalue weighted by atomic mass is 10.4. The Bertz CT molecular complexity index is 300. The van der Waals surface area contributed by atoms with E-state index >= 15 is 0 Å². The van der Waals surface area contributed by atoms with Gasteiger partial charge < -0.3 is 16.0 Å².